The van der Waals surface area contributed by atoms with Gasteiger partial charge in [-0.15, -0.1) is 0 Å². The van der Waals surface area contributed by atoms with Gasteiger partial charge in [0, 0.05) is 30.0 Å². The van der Waals surface area contributed by atoms with Crippen LogP contribution in [0, 0.1) is 0 Å². The van der Waals surface area contributed by atoms with E-state index < -0.39 is 0 Å². The first kappa shape index (κ1) is 19.2. The Kier molecular flexibility index (Phi) is 6.42. The maximum absolute atomic E-state index is 12.2. The molecule has 0 saturated carbocycles. The summed E-state index contributed by atoms with van der Waals surface area (Å²) in [6, 6.07) is 7.98. The monoisotopic (exact) mass is 347 g/mol. The lowest BCUT2D eigenvalue weighted by Gasteiger charge is -2.21. The van der Waals surface area contributed by atoms with Crippen LogP contribution in [0.1, 0.15) is 33.6 Å². The maximum Gasteiger partial charge on any atom is 0.279 e. The van der Waals surface area contributed by atoms with Gasteiger partial charge >= 0.3 is 0 Å². The lowest BCUT2D eigenvalue weighted by atomic mass is 10.1. The minimum Gasteiger partial charge on any atom is -0.372 e. The smallest absolute Gasteiger partial charge is 0.279 e. The number of carbonyl (C=O) groups excluding carboxylic acids is 2. The maximum atomic E-state index is 12.2. The van der Waals surface area contributed by atoms with Crippen molar-refractivity contribution in [3.05, 3.63) is 24.3 Å². The molecule has 0 aliphatic carbocycles. The predicted molar refractivity (Wildman–Crippen MR) is 101 cm³/mol. The van der Waals surface area contributed by atoms with Crippen LogP contribution in [0.3, 0.4) is 0 Å². The highest BCUT2D eigenvalue weighted by atomic mass is 16.2. The van der Waals surface area contributed by atoms with Gasteiger partial charge in [0.1, 0.15) is 0 Å². The SMILES string of the molecule is C[NH+](CC(=O)Nc1ccc(N2CCCC2)cc1)CC(=O)NC(C)(C)C. The van der Waals surface area contributed by atoms with Gasteiger partial charge in [0.25, 0.3) is 11.8 Å². The quantitative estimate of drug-likeness (QED) is 0.708. The van der Waals surface area contributed by atoms with Gasteiger partial charge in [0.15, 0.2) is 13.1 Å². The molecule has 1 aliphatic rings. The number of quaternary nitrogens is 1. The summed E-state index contributed by atoms with van der Waals surface area (Å²) in [6.45, 7) is 8.58. The Morgan fingerprint density at radius 2 is 1.60 bits per heavy atom. The number of rotatable bonds is 6. The largest absolute Gasteiger partial charge is 0.372 e. The first-order chi connectivity index (χ1) is 11.7. The third kappa shape index (κ3) is 6.74. The van der Waals surface area contributed by atoms with Crippen LogP contribution < -0.4 is 20.4 Å². The second-order valence-electron chi connectivity index (χ2n) is 7.90. The molecular weight excluding hydrogens is 316 g/mol. The summed E-state index contributed by atoms with van der Waals surface area (Å²) < 4.78 is 0. The van der Waals surface area contributed by atoms with Gasteiger partial charge in [-0.05, 0) is 57.9 Å². The Morgan fingerprint density at radius 3 is 2.16 bits per heavy atom. The van der Waals surface area contributed by atoms with Crippen molar-refractivity contribution < 1.29 is 14.5 Å². The molecule has 0 bridgehead atoms. The van der Waals surface area contributed by atoms with E-state index in [-0.39, 0.29) is 30.4 Å². The molecule has 1 fully saturated rings. The van der Waals surface area contributed by atoms with Gasteiger partial charge in [-0.25, -0.2) is 0 Å². The highest BCUT2D eigenvalue weighted by Crippen LogP contribution is 2.21. The zero-order valence-corrected chi connectivity index (χ0v) is 15.8. The highest BCUT2D eigenvalue weighted by Gasteiger charge is 2.19. The number of amides is 2. The van der Waals surface area contributed by atoms with E-state index in [4.69, 9.17) is 0 Å². The summed E-state index contributed by atoms with van der Waals surface area (Å²) in [7, 11) is 1.85. The summed E-state index contributed by atoms with van der Waals surface area (Å²) in [4.78, 5) is 27.3. The van der Waals surface area contributed by atoms with Crippen molar-refractivity contribution in [1.82, 2.24) is 5.32 Å². The minimum absolute atomic E-state index is 0.0484. The molecule has 6 nitrogen and oxygen atoms in total. The van der Waals surface area contributed by atoms with Crippen LogP contribution in [0.4, 0.5) is 11.4 Å². The normalized spacial score (nSPS) is 15.8. The van der Waals surface area contributed by atoms with E-state index in [9.17, 15) is 9.59 Å². The van der Waals surface area contributed by atoms with Crippen LogP contribution in [0.25, 0.3) is 0 Å². The molecule has 6 heteroatoms. The number of carbonyl (C=O) groups is 2. The van der Waals surface area contributed by atoms with E-state index in [0.29, 0.717) is 0 Å². The van der Waals surface area contributed by atoms with Crippen LogP contribution in [0.15, 0.2) is 24.3 Å². The van der Waals surface area contributed by atoms with E-state index >= 15 is 0 Å². The molecule has 2 amide bonds. The zero-order valence-electron chi connectivity index (χ0n) is 15.8. The Balaban J connectivity index is 1.78. The summed E-state index contributed by atoms with van der Waals surface area (Å²) >= 11 is 0. The van der Waals surface area contributed by atoms with Crippen molar-refractivity contribution in [2.24, 2.45) is 0 Å². The topological polar surface area (TPSA) is 65.9 Å². The number of anilines is 2. The average molecular weight is 347 g/mol. The molecule has 1 atom stereocenters. The van der Waals surface area contributed by atoms with E-state index in [1.807, 2.05) is 52.1 Å². The van der Waals surface area contributed by atoms with E-state index in [2.05, 4.69) is 15.5 Å². The van der Waals surface area contributed by atoms with Crippen LogP contribution >= 0.6 is 0 Å². The second kappa shape index (κ2) is 8.34. The molecule has 0 radical (unpaired) electrons. The fourth-order valence-electron chi connectivity index (χ4n) is 3.01. The molecule has 1 saturated heterocycles. The van der Waals surface area contributed by atoms with Gasteiger partial charge in [-0.2, -0.15) is 0 Å². The van der Waals surface area contributed by atoms with Crippen molar-refractivity contribution >= 4 is 23.2 Å². The Labute approximate surface area is 150 Å². The third-order valence-corrected chi connectivity index (χ3v) is 4.06. The number of likely N-dealkylation sites (N-methyl/N-ethyl adjacent to an activating group) is 1. The Bertz CT molecular complexity index is 586. The predicted octanol–water partition coefficient (Wildman–Crippen LogP) is 0.655. The van der Waals surface area contributed by atoms with E-state index in [1.54, 1.807) is 0 Å². The van der Waals surface area contributed by atoms with E-state index in [1.165, 1.54) is 18.5 Å². The van der Waals surface area contributed by atoms with Crippen molar-refractivity contribution in [1.29, 1.82) is 0 Å². The molecule has 1 aromatic rings. The molecule has 3 N–H and O–H groups in total. The highest BCUT2D eigenvalue weighted by molar-refractivity contribution is 5.91. The second-order valence-corrected chi connectivity index (χ2v) is 7.90. The Morgan fingerprint density at radius 1 is 1.04 bits per heavy atom. The average Bonchev–Trinajstić information content (AvgIpc) is 2.99. The number of nitrogens with one attached hydrogen (secondary N) is 3. The number of nitrogens with zero attached hydrogens (tertiary/aromatic N) is 1. The van der Waals surface area contributed by atoms with Crippen LogP contribution in [-0.2, 0) is 9.59 Å². The fraction of sp³-hybridized carbons (Fsp3) is 0.579. The lowest BCUT2D eigenvalue weighted by molar-refractivity contribution is -0.862. The molecule has 0 spiro atoms. The number of hydrogen-bond donors (Lipinski definition) is 3. The molecule has 25 heavy (non-hydrogen) atoms. The van der Waals surface area contributed by atoms with Crippen molar-refractivity contribution in [3.63, 3.8) is 0 Å². The summed E-state index contributed by atoms with van der Waals surface area (Å²) in [5, 5.41) is 5.81. The fourth-order valence-corrected chi connectivity index (χ4v) is 3.01. The lowest BCUT2D eigenvalue weighted by Crippen LogP contribution is -3.11. The first-order valence-corrected chi connectivity index (χ1v) is 9.00. The molecule has 1 aromatic carbocycles. The minimum atomic E-state index is -0.253. The zero-order chi connectivity index (χ0) is 18.4. The first-order valence-electron chi connectivity index (χ1n) is 9.00. The van der Waals surface area contributed by atoms with Gasteiger partial charge in [0.05, 0.1) is 7.05 Å². The van der Waals surface area contributed by atoms with Crippen molar-refractivity contribution in [2.45, 2.75) is 39.2 Å². The molecule has 1 aliphatic heterocycles. The molecule has 0 aromatic heterocycles. The number of benzene rings is 1. The van der Waals surface area contributed by atoms with Crippen LogP contribution in [0.5, 0.6) is 0 Å². The number of hydrogen-bond acceptors (Lipinski definition) is 3. The third-order valence-electron chi connectivity index (χ3n) is 4.06. The van der Waals surface area contributed by atoms with Gasteiger partial charge in [-0.1, -0.05) is 0 Å². The molecule has 1 heterocycles. The molecule has 2 rings (SSSR count). The Hall–Kier alpha value is -2.08. The van der Waals surface area contributed by atoms with Gasteiger partial charge in [-0.3, -0.25) is 9.59 Å². The standard InChI is InChI=1S/C19H30N4O2/c1-19(2,3)21-18(25)14-22(4)13-17(24)20-15-7-9-16(10-8-15)23-11-5-6-12-23/h7-10H,5-6,11-14H2,1-4H3,(H,20,24)(H,21,25)/p+1. The summed E-state index contributed by atoms with van der Waals surface area (Å²) in [6.07, 6.45) is 2.49. The molecule has 138 valence electrons. The molecular formula is C19H31N4O2+. The molecule has 1 unspecified atom stereocenters. The van der Waals surface area contributed by atoms with Crippen LogP contribution in [0.2, 0.25) is 0 Å². The summed E-state index contributed by atoms with van der Waals surface area (Å²) in [5.74, 6) is -0.136. The van der Waals surface area contributed by atoms with Gasteiger partial charge < -0.3 is 20.4 Å². The van der Waals surface area contributed by atoms with Crippen molar-refractivity contribution in [2.75, 3.05) is 43.4 Å². The summed E-state index contributed by atoms with van der Waals surface area (Å²) in [5.41, 5.74) is 1.74. The van der Waals surface area contributed by atoms with Gasteiger partial charge in [0.2, 0.25) is 0 Å². The van der Waals surface area contributed by atoms with E-state index in [0.717, 1.165) is 23.7 Å². The van der Waals surface area contributed by atoms with Crippen LogP contribution in [-0.4, -0.2) is 50.6 Å². The van der Waals surface area contributed by atoms with Crippen molar-refractivity contribution in [3.8, 4) is 0 Å².